The van der Waals surface area contributed by atoms with E-state index in [1.807, 2.05) is 0 Å². The summed E-state index contributed by atoms with van der Waals surface area (Å²) in [7, 11) is 0. The van der Waals surface area contributed by atoms with E-state index in [9.17, 15) is 49.2 Å². The molecule has 17 heteroatoms. The van der Waals surface area contributed by atoms with Crippen molar-refractivity contribution in [3.05, 3.63) is 83.9 Å². The number of nitrogens with one attached hydrogen (secondary N) is 5. The van der Waals surface area contributed by atoms with Gasteiger partial charge in [-0.3, -0.25) is 24.0 Å². The number of rotatable bonds is 19. The number of aromatic nitrogens is 2. The Morgan fingerprint density at radius 3 is 1.86 bits per heavy atom. The number of aromatic hydroxyl groups is 1. The molecular formula is C32H39N7O10. The summed E-state index contributed by atoms with van der Waals surface area (Å²) in [5.41, 5.74) is 7.63. The number of carboxylic acid groups (broad SMARTS) is 2. The molecule has 0 aliphatic rings. The second kappa shape index (κ2) is 18.5. The van der Waals surface area contributed by atoms with Crippen LogP contribution in [0.15, 0.2) is 67.1 Å². The highest BCUT2D eigenvalue weighted by Gasteiger charge is 2.32. The molecule has 1 heterocycles. The van der Waals surface area contributed by atoms with E-state index in [0.717, 1.165) is 0 Å². The number of carbonyl (C=O) groups excluding carboxylic acids is 4. The molecule has 0 spiro atoms. The minimum absolute atomic E-state index is 0.0388. The van der Waals surface area contributed by atoms with Crippen molar-refractivity contribution in [2.75, 3.05) is 6.61 Å². The van der Waals surface area contributed by atoms with Crippen LogP contribution >= 0.6 is 0 Å². The number of nitrogens with two attached hydrogens (primary N) is 1. The third-order valence-electron chi connectivity index (χ3n) is 7.32. The Bertz CT molecular complexity index is 1570. The number of hydrogen-bond donors (Lipinski definition) is 10. The molecule has 0 aliphatic carbocycles. The van der Waals surface area contributed by atoms with Gasteiger partial charge in [0.25, 0.3) is 0 Å². The molecule has 4 amide bonds. The molecule has 0 unspecified atom stereocenters. The molecule has 49 heavy (non-hydrogen) atoms. The highest BCUT2D eigenvalue weighted by molar-refractivity contribution is 5.95. The van der Waals surface area contributed by atoms with Crippen LogP contribution < -0.4 is 27.0 Å². The van der Waals surface area contributed by atoms with Gasteiger partial charge in [-0.15, -0.1) is 0 Å². The lowest BCUT2D eigenvalue weighted by Gasteiger charge is -2.25. The number of phenolic OH excluding ortho intramolecular Hbond substituents is 1. The number of carboxylic acids is 2. The van der Waals surface area contributed by atoms with Crippen molar-refractivity contribution in [1.82, 2.24) is 31.2 Å². The first-order valence-corrected chi connectivity index (χ1v) is 15.2. The molecule has 0 bridgehead atoms. The predicted molar refractivity (Wildman–Crippen MR) is 172 cm³/mol. The minimum Gasteiger partial charge on any atom is -0.508 e. The number of amides is 4. The van der Waals surface area contributed by atoms with Gasteiger partial charge in [-0.2, -0.15) is 0 Å². The first-order valence-electron chi connectivity index (χ1n) is 15.2. The van der Waals surface area contributed by atoms with Crippen LogP contribution in [0.2, 0.25) is 0 Å². The van der Waals surface area contributed by atoms with Gasteiger partial charge in [0.1, 0.15) is 29.9 Å². The molecule has 1 aromatic heterocycles. The summed E-state index contributed by atoms with van der Waals surface area (Å²) < 4.78 is 0. The predicted octanol–water partition coefficient (Wildman–Crippen LogP) is -1.65. The van der Waals surface area contributed by atoms with Crippen LogP contribution in [0.4, 0.5) is 0 Å². The first-order chi connectivity index (χ1) is 23.4. The van der Waals surface area contributed by atoms with Crippen LogP contribution in [-0.2, 0) is 48.0 Å². The van der Waals surface area contributed by atoms with Crippen LogP contribution in [-0.4, -0.2) is 103 Å². The summed E-state index contributed by atoms with van der Waals surface area (Å²) in [6, 6.07) is 7.08. The zero-order chi connectivity index (χ0) is 35.9. The summed E-state index contributed by atoms with van der Waals surface area (Å²) in [5, 5.41) is 48.0. The normalized spacial score (nSPS) is 13.9. The van der Waals surface area contributed by atoms with Crippen molar-refractivity contribution < 1.29 is 49.2 Å². The minimum atomic E-state index is -1.68. The van der Waals surface area contributed by atoms with Crippen LogP contribution in [0.25, 0.3) is 0 Å². The van der Waals surface area contributed by atoms with Crippen LogP contribution in [0.3, 0.4) is 0 Å². The second-order valence-corrected chi connectivity index (χ2v) is 11.1. The number of aliphatic hydroxyl groups is 1. The molecule has 17 nitrogen and oxygen atoms in total. The molecule has 0 aliphatic heterocycles. The SMILES string of the molecule is N[C@H](Cc1c[nH]cn1)C(=O)N[C@H](Cc1ccc(O)cc1)C(=O)N[C@H](CO)C(=O)N[C@H](CCC(=O)O)C(=O)N[C@@H](Cc1ccccc1)C(=O)O. The number of aromatic amines is 1. The van der Waals surface area contributed by atoms with Crippen LogP contribution in [0.5, 0.6) is 5.75 Å². The van der Waals surface area contributed by atoms with Gasteiger partial charge in [0.2, 0.25) is 23.6 Å². The van der Waals surface area contributed by atoms with E-state index in [4.69, 9.17) is 5.73 Å². The largest absolute Gasteiger partial charge is 0.508 e. The Kier molecular flexibility index (Phi) is 14.2. The third kappa shape index (κ3) is 12.4. The number of phenols is 1. The highest BCUT2D eigenvalue weighted by Crippen LogP contribution is 2.12. The Hall–Kier alpha value is -5.81. The number of aliphatic carboxylic acids is 2. The van der Waals surface area contributed by atoms with E-state index in [1.54, 1.807) is 36.5 Å². The van der Waals surface area contributed by atoms with E-state index in [1.165, 1.54) is 30.6 Å². The highest BCUT2D eigenvalue weighted by atomic mass is 16.4. The molecule has 3 aromatic rings. The average molecular weight is 682 g/mol. The maximum absolute atomic E-state index is 13.4. The maximum Gasteiger partial charge on any atom is 0.326 e. The molecule has 5 atom stereocenters. The smallest absolute Gasteiger partial charge is 0.326 e. The van der Waals surface area contributed by atoms with E-state index in [2.05, 4.69) is 31.2 Å². The van der Waals surface area contributed by atoms with Crippen molar-refractivity contribution in [3.63, 3.8) is 0 Å². The summed E-state index contributed by atoms with van der Waals surface area (Å²) in [5.74, 6) is -6.42. The number of hydrogen-bond acceptors (Lipinski definition) is 10. The van der Waals surface area contributed by atoms with Gasteiger partial charge in [-0.1, -0.05) is 42.5 Å². The zero-order valence-electron chi connectivity index (χ0n) is 26.2. The molecule has 0 fully saturated rings. The van der Waals surface area contributed by atoms with Crippen molar-refractivity contribution >= 4 is 35.6 Å². The first kappa shape index (κ1) is 37.6. The van der Waals surface area contributed by atoms with Crippen LogP contribution in [0, 0.1) is 0 Å². The van der Waals surface area contributed by atoms with Crippen molar-refractivity contribution in [2.45, 2.75) is 62.3 Å². The molecule has 262 valence electrons. The Morgan fingerprint density at radius 1 is 0.714 bits per heavy atom. The number of imidazole rings is 1. The number of H-pyrrole nitrogens is 1. The van der Waals surface area contributed by atoms with Crippen molar-refractivity contribution in [2.24, 2.45) is 5.73 Å². The van der Waals surface area contributed by atoms with Crippen LogP contribution in [0.1, 0.15) is 29.7 Å². The Morgan fingerprint density at radius 2 is 1.27 bits per heavy atom. The third-order valence-corrected chi connectivity index (χ3v) is 7.32. The topological polar surface area (TPSA) is 286 Å². The lowest BCUT2D eigenvalue weighted by molar-refractivity contribution is -0.143. The molecule has 3 rings (SSSR count). The van der Waals surface area contributed by atoms with Crippen molar-refractivity contribution in [1.29, 1.82) is 0 Å². The molecular weight excluding hydrogens is 642 g/mol. The summed E-state index contributed by atoms with van der Waals surface area (Å²) in [4.78, 5) is 82.7. The van der Waals surface area contributed by atoms with E-state index < -0.39 is 85.2 Å². The quantitative estimate of drug-likeness (QED) is 0.0681. The lowest BCUT2D eigenvalue weighted by Crippen LogP contribution is -2.60. The standard InChI is InChI=1S/C32H39N7O10/c33-22(14-20-15-34-17-35-20)28(44)37-24(12-19-6-8-21(41)9-7-19)30(46)39-26(16-40)31(47)36-23(10-11-27(42)43)29(45)38-25(32(48)49)13-18-4-2-1-3-5-18/h1-9,15,17,22-26,40-41H,10-14,16,33H2,(H,34,35)(H,36,47)(H,37,44)(H,38,45)(H,39,46)(H,42,43)(H,48,49)/t22-,23-,24-,25+,26-/m1/s1. The molecule has 2 aromatic carbocycles. The molecule has 0 saturated carbocycles. The zero-order valence-corrected chi connectivity index (χ0v) is 26.2. The molecule has 0 saturated heterocycles. The van der Waals surface area contributed by atoms with E-state index >= 15 is 0 Å². The number of benzene rings is 2. The van der Waals surface area contributed by atoms with Gasteiger partial charge in [-0.25, -0.2) is 9.78 Å². The van der Waals surface area contributed by atoms with Gasteiger partial charge >= 0.3 is 11.9 Å². The van der Waals surface area contributed by atoms with Gasteiger partial charge in [0.15, 0.2) is 0 Å². The summed E-state index contributed by atoms with van der Waals surface area (Å²) in [6.07, 6.45) is 1.76. The van der Waals surface area contributed by atoms with E-state index in [-0.39, 0.29) is 25.0 Å². The van der Waals surface area contributed by atoms with E-state index in [0.29, 0.717) is 16.8 Å². The average Bonchev–Trinajstić information content (AvgIpc) is 3.58. The fraction of sp³-hybridized carbons (Fsp3) is 0.344. The molecule has 11 N–H and O–H groups in total. The monoisotopic (exact) mass is 681 g/mol. The van der Waals surface area contributed by atoms with Gasteiger partial charge in [0.05, 0.1) is 24.7 Å². The van der Waals surface area contributed by atoms with Gasteiger partial charge in [-0.05, 0) is 29.7 Å². The number of aliphatic hydroxyl groups excluding tert-OH is 1. The summed E-state index contributed by atoms with van der Waals surface area (Å²) in [6.45, 7) is -0.963. The number of carbonyl (C=O) groups is 6. The maximum atomic E-state index is 13.4. The fourth-order valence-electron chi connectivity index (χ4n) is 4.67. The lowest BCUT2D eigenvalue weighted by atomic mass is 10.0. The Labute approximate surface area is 280 Å². The second-order valence-electron chi connectivity index (χ2n) is 11.1. The Balaban J connectivity index is 1.74. The van der Waals surface area contributed by atoms with Crippen molar-refractivity contribution in [3.8, 4) is 5.75 Å². The van der Waals surface area contributed by atoms with Gasteiger partial charge < -0.3 is 52.4 Å². The summed E-state index contributed by atoms with van der Waals surface area (Å²) >= 11 is 0. The molecule has 0 radical (unpaired) electrons. The van der Waals surface area contributed by atoms with Gasteiger partial charge in [0, 0.05) is 31.9 Å². The fourth-order valence-corrected chi connectivity index (χ4v) is 4.67. The number of nitrogens with zero attached hydrogens (tertiary/aromatic N) is 1.